The maximum absolute atomic E-state index is 10.6. The molecule has 0 radical (unpaired) electrons. The number of benzene rings is 1. The van der Waals surface area contributed by atoms with Crippen LogP contribution in [0.15, 0.2) is 34.9 Å². The summed E-state index contributed by atoms with van der Waals surface area (Å²) in [5, 5.41) is 12.1. The van der Waals surface area contributed by atoms with E-state index >= 15 is 0 Å². The number of hydrogen-bond donors (Lipinski definition) is 1. The van der Waals surface area contributed by atoms with Gasteiger partial charge in [0.2, 0.25) is 0 Å². The van der Waals surface area contributed by atoms with Crippen LogP contribution in [0.5, 0.6) is 5.75 Å². The summed E-state index contributed by atoms with van der Waals surface area (Å²) in [7, 11) is 0. The van der Waals surface area contributed by atoms with Gasteiger partial charge < -0.3 is 14.4 Å². The molecule has 1 aromatic carbocycles. The molecule has 0 amide bonds. The van der Waals surface area contributed by atoms with Gasteiger partial charge in [0.15, 0.2) is 5.69 Å². The first kappa shape index (κ1) is 12.2. The van der Waals surface area contributed by atoms with Crippen LogP contribution in [0.25, 0.3) is 0 Å². The summed E-state index contributed by atoms with van der Waals surface area (Å²) >= 11 is 0. The Bertz CT molecular complexity index is 547. The predicted molar refractivity (Wildman–Crippen MR) is 63.8 cm³/mol. The number of carboxylic acids is 1. The van der Waals surface area contributed by atoms with E-state index in [1.165, 1.54) is 6.07 Å². The maximum Gasteiger partial charge on any atom is 0.358 e. The smallest absolute Gasteiger partial charge is 0.358 e. The lowest BCUT2D eigenvalue weighted by Crippen LogP contribution is -2.00. The number of aryl methyl sites for hydroxylation is 1. The van der Waals surface area contributed by atoms with Crippen molar-refractivity contribution in [2.24, 2.45) is 0 Å². The highest BCUT2D eigenvalue weighted by atomic mass is 16.5. The standard InChI is InChI=1S/C13H13NO4/c1-9-3-2-4-10(7-9)17-6-5-11-8-12(13(15)16)14-18-11/h2-4,7-8H,5-6H2,1H3,(H,15,16). The third kappa shape index (κ3) is 3.10. The van der Waals surface area contributed by atoms with E-state index in [1.54, 1.807) is 0 Å². The molecule has 1 N–H and O–H groups in total. The molecule has 0 aliphatic heterocycles. The lowest BCUT2D eigenvalue weighted by atomic mass is 10.2. The Morgan fingerprint density at radius 2 is 2.28 bits per heavy atom. The molecular formula is C13H13NO4. The average molecular weight is 247 g/mol. The van der Waals surface area contributed by atoms with Crippen LogP contribution >= 0.6 is 0 Å². The van der Waals surface area contributed by atoms with Gasteiger partial charge in [-0.2, -0.15) is 0 Å². The van der Waals surface area contributed by atoms with E-state index in [4.69, 9.17) is 14.4 Å². The fourth-order valence-corrected chi connectivity index (χ4v) is 1.51. The summed E-state index contributed by atoms with van der Waals surface area (Å²) < 4.78 is 10.4. The second-order valence-electron chi connectivity index (χ2n) is 3.90. The Hall–Kier alpha value is -2.30. The van der Waals surface area contributed by atoms with Crippen LogP contribution in [0, 0.1) is 6.92 Å². The van der Waals surface area contributed by atoms with Crippen LogP contribution in [0.4, 0.5) is 0 Å². The first-order chi connectivity index (χ1) is 8.65. The molecule has 1 aromatic heterocycles. The van der Waals surface area contributed by atoms with Crippen LogP contribution in [-0.2, 0) is 6.42 Å². The van der Waals surface area contributed by atoms with Gasteiger partial charge in [0.1, 0.15) is 11.5 Å². The third-order valence-corrected chi connectivity index (χ3v) is 2.38. The summed E-state index contributed by atoms with van der Waals surface area (Å²) in [6.45, 7) is 2.40. The monoisotopic (exact) mass is 247 g/mol. The summed E-state index contributed by atoms with van der Waals surface area (Å²) in [6.07, 6.45) is 0.480. The number of ether oxygens (including phenoxy) is 1. The normalized spacial score (nSPS) is 10.3. The molecule has 2 rings (SSSR count). The largest absolute Gasteiger partial charge is 0.493 e. The molecule has 0 saturated carbocycles. The van der Waals surface area contributed by atoms with Gasteiger partial charge in [0.05, 0.1) is 6.61 Å². The summed E-state index contributed by atoms with van der Waals surface area (Å²) in [4.78, 5) is 10.6. The Labute approximate surface area is 104 Å². The second-order valence-corrected chi connectivity index (χ2v) is 3.90. The Balaban J connectivity index is 1.86. The molecule has 0 fully saturated rings. The molecule has 18 heavy (non-hydrogen) atoms. The van der Waals surface area contributed by atoms with E-state index in [0.29, 0.717) is 18.8 Å². The van der Waals surface area contributed by atoms with Crippen LogP contribution in [0.3, 0.4) is 0 Å². The van der Waals surface area contributed by atoms with Gasteiger partial charge in [-0.25, -0.2) is 4.79 Å². The Morgan fingerprint density at radius 3 is 2.94 bits per heavy atom. The number of aromatic carboxylic acids is 1. The molecule has 1 heterocycles. The molecule has 0 unspecified atom stereocenters. The van der Waals surface area contributed by atoms with Gasteiger partial charge in [-0.05, 0) is 24.6 Å². The molecule has 5 nitrogen and oxygen atoms in total. The van der Waals surface area contributed by atoms with Crippen molar-refractivity contribution in [2.75, 3.05) is 6.61 Å². The van der Waals surface area contributed by atoms with E-state index in [2.05, 4.69) is 5.16 Å². The van der Waals surface area contributed by atoms with Crippen molar-refractivity contribution < 1.29 is 19.2 Å². The predicted octanol–water partition coefficient (Wildman–Crippen LogP) is 2.30. The van der Waals surface area contributed by atoms with Crippen molar-refractivity contribution in [2.45, 2.75) is 13.3 Å². The molecular weight excluding hydrogens is 234 g/mol. The minimum Gasteiger partial charge on any atom is -0.493 e. The van der Waals surface area contributed by atoms with Gasteiger partial charge in [-0.1, -0.05) is 17.3 Å². The molecule has 2 aromatic rings. The van der Waals surface area contributed by atoms with E-state index in [1.807, 2.05) is 31.2 Å². The number of carbonyl (C=O) groups is 1. The van der Waals surface area contributed by atoms with Crippen molar-refractivity contribution in [3.8, 4) is 5.75 Å². The quantitative estimate of drug-likeness (QED) is 0.877. The Morgan fingerprint density at radius 1 is 1.44 bits per heavy atom. The highest BCUT2D eigenvalue weighted by Crippen LogP contribution is 2.13. The van der Waals surface area contributed by atoms with Crippen LogP contribution in [-0.4, -0.2) is 22.8 Å². The van der Waals surface area contributed by atoms with Gasteiger partial charge in [0.25, 0.3) is 0 Å². The molecule has 0 aliphatic rings. The summed E-state index contributed by atoms with van der Waals surface area (Å²) in [5.41, 5.74) is 1.04. The molecule has 0 saturated heterocycles. The molecule has 0 bridgehead atoms. The highest BCUT2D eigenvalue weighted by Gasteiger charge is 2.10. The average Bonchev–Trinajstić information content (AvgIpc) is 2.78. The van der Waals surface area contributed by atoms with E-state index in [-0.39, 0.29) is 5.69 Å². The van der Waals surface area contributed by atoms with Gasteiger partial charge in [-0.3, -0.25) is 0 Å². The molecule has 94 valence electrons. The van der Waals surface area contributed by atoms with E-state index in [9.17, 15) is 4.79 Å². The number of hydrogen-bond acceptors (Lipinski definition) is 4. The summed E-state index contributed by atoms with van der Waals surface area (Å²) in [5.74, 6) is 0.192. The minimum atomic E-state index is -1.09. The molecule has 0 atom stereocenters. The second kappa shape index (κ2) is 5.35. The zero-order valence-corrected chi connectivity index (χ0v) is 9.92. The van der Waals surface area contributed by atoms with Crippen molar-refractivity contribution >= 4 is 5.97 Å². The van der Waals surface area contributed by atoms with E-state index < -0.39 is 5.97 Å². The Kier molecular flexibility index (Phi) is 3.62. The SMILES string of the molecule is Cc1cccc(OCCc2cc(C(=O)O)no2)c1. The molecule has 0 aliphatic carbocycles. The van der Waals surface area contributed by atoms with Crippen molar-refractivity contribution in [1.82, 2.24) is 5.16 Å². The number of carboxylic acid groups (broad SMARTS) is 1. The first-order valence-corrected chi connectivity index (χ1v) is 5.53. The van der Waals surface area contributed by atoms with Crippen molar-refractivity contribution in [1.29, 1.82) is 0 Å². The first-order valence-electron chi connectivity index (χ1n) is 5.53. The topological polar surface area (TPSA) is 72.6 Å². The summed E-state index contributed by atoms with van der Waals surface area (Å²) in [6, 6.07) is 9.12. The minimum absolute atomic E-state index is 0.0828. The molecule has 5 heteroatoms. The van der Waals surface area contributed by atoms with Gasteiger partial charge in [0, 0.05) is 12.5 Å². The maximum atomic E-state index is 10.6. The fourth-order valence-electron chi connectivity index (χ4n) is 1.51. The van der Waals surface area contributed by atoms with Crippen LogP contribution in [0.1, 0.15) is 21.8 Å². The van der Waals surface area contributed by atoms with Gasteiger partial charge >= 0.3 is 5.97 Å². The number of aromatic nitrogens is 1. The zero-order valence-electron chi connectivity index (χ0n) is 9.92. The number of rotatable bonds is 5. The zero-order chi connectivity index (χ0) is 13.0. The lowest BCUT2D eigenvalue weighted by molar-refractivity contribution is 0.0685. The highest BCUT2D eigenvalue weighted by molar-refractivity contribution is 5.85. The van der Waals surface area contributed by atoms with Crippen molar-refractivity contribution in [3.05, 3.63) is 47.3 Å². The molecule has 0 spiro atoms. The lowest BCUT2D eigenvalue weighted by Gasteiger charge is -2.04. The van der Waals surface area contributed by atoms with Crippen molar-refractivity contribution in [3.63, 3.8) is 0 Å². The van der Waals surface area contributed by atoms with Gasteiger partial charge in [-0.15, -0.1) is 0 Å². The number of nitrogens with zero attached hydrogens (tertiary/aromatic N) is 1. The fraction of sp³-hybridized carbons (Fsp3) is 0.231. The third-order valence-electron chi connectivity index (χ3n) is 2.38. The van der Waals surface area contributed by atoms with Crippen LogP contribution in [0.2, 0.25) is 0 Å². The van der Waals surface area contributed by atoms with E-state index in [0.717, 1.165) is 11.3 Å². The van der Waals surface area contributed by atoms with Crippen LogP contribution < -0.4 is 4.74 Å².